The van der Waals surface area contributed by atoms with Crippen LogP contribution in [-0.2, 0) is 9.53 Å². The van der Waals surface area contributed by atoms with Crippen LogP contribution in [0.25, 0.3) is 0 Å². The van der Waals surface area contributed by atoms with Crippen LogP contribution < -0.4 is 10.6 Å². The molecule has 0 saturated carbocycles. The van der Waals surface area contributed by atoms with Crippen LogP contribution in [0, 0.1) is 0 Å². The first kappa shape index (κ1) is 15.6. The minimum Gasteiger partial charge on any atom is -0.465 e. The molecule has 5 heteroatoms. The monoisotopic (exact) mass is 298 g/mol. The van der Waals surface area contributed by atoms with Crippen LogP contribution in [-0.4, -0.2) is 25.0 Å². The second-order valence-corrected chi connectivity index (χ2v) is 4.79. The Morgan fingerprint density at radius 1 is 0.955 bits per heavy atom. The standard InChI is InChI=1S/C17H18N2O3/c1-12(16(20)19-14-6-4-3-5-7-14)18-15-10-8-13(9-11-15)17(21)22-2/h3-12,18H,1-2H3,(H,19,20)/t12-/m1/s1. The fourth-order valence-corrected chi connectivity index (χ4v) is 1.91. The Hall–Kier alpha value is -2.82. The number of rotatable bonds is 5. The van der Waals surface area contributed by atoms with E-state index in [0.717, 1.165) is 11.4 Å². The van der Waals surface area contributed by atoms with Gasteiger partial charge in [0.1, 0.15) is 6.04 Å². The van der Waals surface area contributed by atoms with Crippen LogP contribution in [0.1, 0.15) is 17.3 Å². The summed E-state index contributed by atoms with van der Waals surface area (Å²) in [5.41, 5.74) is 1.97. The van der Waals surface area contributed by atoms with Crippen molar-refractivity contribution < 1.29 is 14.3 Å². The van der Waals surface area contributed by atoms with Crippen LogP contribution >= 0.6 is 0 Å². The molecule has 0 spiro atoms. The van der Waals surface area contributed by atoms with Gasteiger partial charge in [0.15, 0.2) is 0 Å². The fourth-order valence-electron chi connectivity index (χ4n) is 1.91. The third-order valence-corrected chi connectivity index (χ3v) is 3.12. The molecule has 0 fully saturated rings. The lowest BCUT2D eigenvalue weighted by molar-refractivity contribution is -0.116. The van der Waals surface area contributed by atoms with Crippen LogP contribution in [0.5, 0.6) is 0 Å². The molecule has 1 atom stereocenters. The molecule has 2 N–H and O–H groups in total. The SMILES string of the molecule is COC(=O)c1ccc(N[C@H](C)C(=O)Nc2ccccc2)cc1. The second-order valence-electron chi connectivity index (χ2n) is 4.79. The van der Waals surface area contributed by atoms with E-state index in [1.54, 1.807) is 31.2 Å². The Morgan fingerprint density at radius 3 is 2.18 bits per heavy atom. The highest BCUT2D eigenvalue weighted by molar-refractivity contribution is 5.96. The molecular formula is C17H18N2O3. The van der Waals surface area contributed by atoms with Crippen molar-refractivity contribution in [3.8, 4) is 0 Å². The molecule has 0 aliphatic carbocycles. The molecule has 0 saturated heterocycles. The van der Waals surface area contributed by atoms with E-state index in [1.165, 1.54) is 7.11 Å². The summed E-state index contributed by atoms with van der Waals surface area (Å²) < 4.78 is 4.64. The van der Waals surface area contributed by atoms with Gasteiger partial charge >= 0.3 is 5.97 Å². The van der Waals surface area contributed by atoms with E-state index in [2.05, 4.69) is 15.4 Å². The number of carbonyl (C=O) groups excluding carboxylic acids is 2. The van der Waals surface area contributed by atoms with Gasteiger partial charge in [-0.25, -0.2) is 4.79 Å². The number of hydrogen-bond donors (Lipinski definition) is 2. The van der Waals surface area contributed by atoms with Gasteiger partial charge in [-0.2, -0.15) is 0 Å². The molecular weight excluding hydrogens is 280 g/mol. The molecule has 0 radical (unpaired) electrons. The van der Waals surface area contributed by atoms with Crippen molar-refractivity contribution in [1.82, 2.24) is 0 Å². The number of amides is 1. The lowest BCUT2D eigenvalue weighted by atomic mass is 10.2. The molecule has 0 aliphatic rings. The molecule has 0 heterocycles. The molecule has 114 valence electrons. The average molecular weight is 298 g/mol. The summed E-state index contributed by atoms with van der Waals surface area (Å²) in [5, 5.41) is 5.91. The molecule has 0 bridgehead atoms. The highest BCUT2D eigenvalue weighted by Crippen LogP contribution is 2.13. The number of carbonyl (C=O) groups is 2. The van der Waals surface area contributed by atoms with Gasteiger partial charge in [-0.15, -0.1) is 0 Å². The first-order chi connectivity index (χ1) is 10.6. The van der Waals surface area contributed by atoms with Crippen molar-refractivity contribution in [2.24, 2.45) is 0 Å². The van der Waals surface area contributed by atoms with Gasteiger partial charge < -0.3 is 15.4 Å². The summed E-state index contributed by atoms with van der Waals surface area (Å²) in [6.45, 7) is 1.77. The van der Waals surface area contributed by atoms with E-state index >= 15 is 0 Å². The molecule has 2 rings (SSSR count). The molecule has 0 aliphatic heterocycles. The van der Waals surface area contributed by atoms with Crippen molar-refractivity contribution in [2.75, 3.05) is 17.7 Å². The molecule has 0 unspecified atom stereocenters. The van der Waals surface area contributed by atoms with Crippen molar-refractivity contribution in [2.45, 2.75) is 13.0 Å². The largest absolute Gasteiger partial charge is 0.465 e. The second kappa shape index (κ2) is 7.26. The maximum absolute atomic E-state index is 12.1. The van der Waals surface area contributed by atoms with E-state index < -0.39 is 6.04 Å². The van der Waals surface area contributed by atoms with E-state index in [0.29, 0.717) is 5.56 Å². The van der Waals surface area contributed by atoms with Gasteiger partial charge in [-0.1, -0.05) is 18.2 Å². The molecule has 2 aromatic carbocycles. The van der Waals surface area contributed by atoms with Crippen molar-refractivity contribution in [3.63, 3.8) is 0 Å². The summed E-state index contributed by atoms with van der Waals surface area (Å²) in [6, 6.07) is 15.6. The van der Waals surface area contributed by atoms with Gasteiger partial charge in [0.25, 0.3) is 0 Å². The van der Waals surface area contributed by atoms with E-state index in [9.17, 15) is 9.59 Å². The Bertz CT molecular complexity index is 639. The maximum Gasteiger partial charge on any atom is 0.337 e. The summed E-state index contributed by atoms with van der Waals surface area (Å²) in [4.78, 5) is 23.4. The quantitative estimate of drug-likeness (QED) is 0.833. The predicted molar refractivity (Wildman–Crippen MR) is 85.9 cm³/mol. The number of nitrogens with one attached hydrogen (secondary N) is 2. The fraction of sp³-hybridized carbons (Fsp3) is 0.176. The summed E-state index contributed by atoms with van der Waals surface area (Å²) in [7, 11) is 1.34. The van der Waals surface area contributed by atoms with Gasteiger partial charge in [-0.05, 0) is 43.3 Å². The zero-order chi connectivity index (χ0) is 15.9. The van der Waals surface area contributed by atoms with Crippen molar-refractivity contribution in [3.05, 3.63) is 60.2 Å². The molecule has 0 aromatic heterocycles. The smallest absolute Gasteiger partial charge is 0.337 e. The lowest BCUT2D eigenvalue weighted by Gasteiger charge is -2.15. The Balaban J connectivity index is 1.95. The first-order valence-electron chi connectivity index (χ1n) is 6.91. The van der Waals surface area contributed by atoms with E-state index in [1.807, 2.05) is 30.3 Å². The van der Waals surface area contributed by atoms with Crippen molar-refractivity contribution in [1.29, 1.82) is 0 Å². The molecule has 2 aromatic rings. The van der Waals surface area contributed by atoms with Crippen LogP contribution in [0.15, 0.2) is 54.6 Å². The topological polar surface area (TPSA) is 67.4 Å². The number of anilines is 2. The van der Waals surface area contributed by atoms with Crippen LogP contribution in [0.2, 0.25) is 0 Å². The zero-order valence-electron chi connectivity index (χ0n) is 12.5. The third kappa shape index (κ3) is 4.09. The molecule has 1 amide bonds. The summed E-state index contributed by atoms with van der Waals surface area (Å²) in [6.07, 6.45) is 0. The number of para-hydroxylation sites is 1. The maximum atomic E-state index is 12.1. The van der Waals surface area contributed by atoms with Crippen molar-refractivity contribution >= 4 is 23.3 Å². The summed E-state index contributed by atoms with van der Waals surface area (Å²) in [5.74, 6) is -0.523. The number of benzene rings is 2. The highest BCUT2D eigenvalue weighted by atomic mass is 16.5. The number of methoxy groups -OCH3 is 1. The minimum atomic E-state index is -0.413. The number of hydrogen-bond acceptors (Lipinski definition) is 4. The Morgan fingerprint density at radius 2 is 1.59 bits per heavy atom. The highest BCUT2D eigenvalue weighted by Gasteiger charge is 2.13. The summed E-state index contributed by atoms with van der Waals surface area (Å²) >= 11 is 0. The van der Waals surface area contributed by atoms with E-state index in [4.69, 9.17) is 0 Å². The first-order valence-corrected chi connectivity index (χ1v) is 6.91. The third-order valence-electron chi connectivity index (χ3n) is 3.12. The normalized spacial score (nSPS) is 11.4. The molecule has 5 nitrogen and oxygen atoms in total. The minimum absolute atomic E-state index is 0.136. The van der Waals surface area contributed by atoms with Crippen LogP contribution in [0.4, 0.5) is 11.4 Å². The van der Waals surface area contributed by atoms with E-state index in [-0.39, 0.29) is 11.9 Å². The van der Waals surface area contributed by atoms with Gasteiger partial charge in [-0.3, -0.25) is 4.79 Å². The van der Waals surface area contributed by atoms with Gasteiger partial charge in [0.2, 0.25) is 5.91 Å². The van der Waals surface area contributed by atoms with Gasteiger partial charge in [0.05, 0.1) is 12.7 Å². The lowest BCUT2D eigenvalue weighted by Crippen LogP contribution is -2.31. The van der Waals surface area contributed by atoms with Gasteiger partial charge in [0, 0.05) is 11.4 Å². The number of ether oxygens (including phenoxy) is 1. The Kier molecular flexibility index (Phi) is 5.14. The average Bonchev–Trinajstić information content (AvgIpc) is 2.55. The number of esters is 1. The predicted octanol–water partition coefficient (Wildman–Crippen LogP) is 2.91. The van der Waals surface area contributed by atoms with Crippen LogP contribution in [0.3, 0.4) is 0 Å². The Labute approximate surface area is 129 Å². The zero-order valence-corrected chi connectivity index (χ0v) is 12.5. The molecule has 22 heavy (non-hydrogen) atoms.